The van der Waals surface area contributed by atoms with Crippen LogP contribution in [0.5, 0.6) is 0 Å². The second-order valence-corrected chi connectivity index (χ2v) is 15.0. The minimum absolute atomic E-state index is 0.468. The largest absolute Gasteiger partial charge is 0.361 e. The van der Waals surface area contributed by atoms with E-state index < -0.39 is 8.07 Å². The van der Waals surface area contributed by atoms with Crippen molar-refractivity contribution in [1.29, 1.82) is 0 Å². The van der Waals surface area contributed by atoms with Crippen molar-refractivity contribution < 1.29 is 4.74 Å². The minimum atomic E-state index is -1.10. The Balaban J connectivity index is 1.92. The second kappa shape index (κ2) is 7.64. The molecule has 0 bridgehead atoms. The van der Waals surface area contributed by atoms with Crippen molar-refractivity contribution in [1.82, 2.24) is 19.5 Å². The summed E-state index contributed by atoms with van der Waals surface area (Å²) in [5, 5.41) is 0. The highest BCUT2D eigenvalue weighted by molar-refractivity contribution is 9.13. The molecule has 3 aromatic heterocycles. The summed E-state index contributed by atoms with van der Waals surface area (Å²) in [6.07, 6.45) is 1.79. The van der Waals surface area contributed by atoms with E-state index in [0.29, 0.717) is 11.5 Å². The fourth-order valence-electron chi connectivity index (χ4n) is 2.44. The first kappa shape index (κ1) is 19.3. The molecule has 5 nitrogen and oxygen atoms in total. The van der Waals surface area contributed by atoms with Crippen molar-refractivity contribution in [3.63, 3.8) is 0 Å². The average Bonchev–Trinajstić information content (AvgIpc) is 3.03. The highest BCUT2D eigenvalue weighted by Crippen LogP contribution is 2.35. The van der Waals surface area contributed by atoms with E-state index in [1.54, 1.807) is 6.20 Å². The van der Waals surface area contributed by atoms with Gasteiger partial charge in [0.15, 0.2) is 4.73 Å². The van der Waals surface area contributed by atoms with Gasteiger partial charge < -0.3 is 14.3 Å². The zero-order valence-electron chi connectivity index (χ0n) is 14.2. The van der Waals surface area contributed by atoms with Crippen molar-refractivity contribution in [3.8, 4) is 11.4 Å². The molecule has 0 aliphatic rings. The number of ether oxygens (including phenoxy) is 1. The molecule has 3 heterocycles. The number of aromatic nitrogens is 4. The summed E-state index contributed by atoms with van der Waals surface area (Å²) < 4.78 is 10.6. The fraction of sp³-hybridized carbons (Fsp3) is 0.375. The van der Waals surface area contributed by atoms with Gasteiger partial charge in [0.05, 0.1) is 15.7 Å². The number of nitrogens with one attached hydrogen (secondary N) is 1. The third kappa shape index (κ3) is 4.44. The lowest BCUT2D eigenvalue weighted by Crippen LogP contribution is -2.22. The fourth-order valence-corrected chi connectivity index (χ4v) is 4.43. The molecule has 0 unspecified atom stereocenters. The Labute approximate surface area is 173 Å². The van der Waals surface area contributed by atoms with Crippen LogP contribution in [-0.4, -0.2) is 34.2 Å². The predicted octanol–water partition coefficient (Wildman–Crippen LogP) is 6.03. The number of hydrogen-bond donors (Lipinski definition) is 1. The summed E-state index contributed by atoms with van der Waals surface area (Å²) in [6, 6.07) is 5.09. The quantitative estimate of drug-likeness (QED) is 0.301. The monoisotopic (exact) mass is 548 g/mol. The maximum Gasteiger partial charge on any atom is 0.175 e. The number of hydrogen-bond acceptors (Lipinski definition) is 3. The number of H-pyrrole nitrogens is 1. The molecular formula is C16H19Br3N4OSi. The van der Waals surface area contributed by atoms with Gasteiger partial charge in [-0.05, 0) is 66.0 Å². The Hall–Kier alpha value is -0.483. The number of pyridine rings is 1. The van der Waals surface area contributed by atoms with Crippen LogP contribution in [0.15, 0.2) is 32.1 Å². The van der Waals surface area contributed by atoms with Gasteiger partial charge in [0.2, 0.25) is 0 Å². The molecule has 0 atom stereocenters. The van der Waals surface area contributed by atoms with Crippen molar-refractivity contribution in [2.75, 3.05) is 6.61 Å². The van der Waals surface area contributed by atoms with Crippen molar-refractivity contribution in [2.24, 2.45) is 0 Å². The first-order chi connectivity index (χ1) is 11.8. The summed E-state index contributed by atoms with van der Waals surface area (Å²) in [4.78, 5) is 12.3. The molecule has 0 aliphatic carbocycles. The lowest BCUT2D eigenvalue weighted by Gasteiger charge is -2.16. The highest BCUT2D eigenvalue weighted by atomic mass is 79.9. The predicted molar refractivity (Wildman–Crippen MR) is 115 cm³/mol. The number of rotatable bonds is 6. The minimum Gasteiger partial charge on any atom is -0.361 e. The standard InChI is InChI=1S/C16H19Br3N4OSi/c1-25(2,3)7-6-24-9-23-12(8-10(17)15(23)18)14-13-11(4-5-20-14)21-16(19)22-13/h4-5,8H,6-7,9H2,1-3H3,(H,21,22). The molecule has 25 heavy (non-hydrogen) atoms. The zero-order chi connectivity index (χ0) is 18.2. The maximum absolute atomic E-state index is 5.95. The van der Waals surface area contributed by atoms with Crippen LogP contribution in [0, 0.1) is 0 Å². The summed E-state index contributed by atoms with van der Waals surface area (Å²) in [6.45, 7) is 8.29. The van der Waals surface area contributed by atoms with Gasteiger partial charge in [-0.25, -0.2) is 4.98 Å². The Bertz CT molecular complexity index is 901. The van der Waals surface area contributed by atoms with E-state index in [4.69, 9.17) is 4.74 Å². The van der Waals surface area contributed by atoms with Crippen LogP contribution in [0.4, 0.5) is 0 Å². The molecule has 134 valence electrons. The molecule has 3 rings (SSSR count). The molecular weight excluding hydrogens is 532 g/mol. The number of nitrogens with zero attached hydrogens (tertiary/aromatic N) is 3. The molecule has 0 aromatic carbocycles. The van der Waals surface area contributed by atoms with E-state index >= 15 is 0 Å². The zero-order valence-corrected chi connectivity index (χ0v) is 20.0. The van der Waals surface area contributed by atoms with E-state index in [-0.39, 0.29) is 0 Å². The lowest BCUT2D eigenvalue weighted by molar-refractivity contribution is 0.0870. The third-order valence-corrected chi connectivity index (χ3v) is 7.89. The molecule has 0 saturated carbocycles. The number of imidazole rings is 1. The van der Waals surface area contributed by atoms with Crippen LogP contribution >= 0.6 is 47.8 Å². The second-order valence-electron chi connectivity index (χ2n) is 7.03. The van der Waals surface area contributed by atoms with E-state index in [0.717, 1.165) is 44.1 Å². The van der Waals surface area contributed by atoms with Gasteiger partial charge in [-0.15, -0.1) is 0 Å². The number of halogens is 3. The van der Waals surface area contributed by atoms with E-state index in [1.807, 2.05) is 12.1 Å². The molecule has 3 aromatic rings. The van der Waals surface area contributed by atoms with E-state index in [1.165, 1.54) is 0 Å². The molecule has 0 amide bonds. The summed E-state index contributed by atoms with van der Waals surface area (Å²) in [5.41, 5.74) is 3.54. The molecule has 9 heteroatoms. The van der Waals surface area contributed by atoms with Crippen LogP contribution in [0.2, 0.25) is 25.7 Å². The van der Waals surface area contributed by atoms with Gasteiger partial charge in [0, 0.05) is 20.9 Å². The van der Waals surface area contributed by atoms with Gasteiger partial charge in [0.25, 0.3) is 0 Å². The number of fused-ring (bicyclic) bond motifs is 1. The first-order valence-electron chi connectivity index (χ1n) is 7.89. The van der Waals surface area contributed by atoms with Crippen LogP contribution in [0.1, 0.15) is 0 Å². The summed E-state index contributed by atoms with van der Waals surface area (Å²) in [7, 11) is -1.10. The Kier molecular flexibility index (Phi) is 5.89. The molecule has 0 spiro atoms. The van der Waals surface area contributed by atoms with E-state index in [2.05, 4.69) is 86.9 Å². The molecule has 0 fully saturated rings. The van der Waals surface area contributed by atoms with Gasteiger partial charge in [-0.3, -0.25) is 4.98 Å². The summed E-state index contributed by atoms with van der Waals surface area (Å²) >= 11 is 10.6. The van der Waals surface area contributed by atoms with Crippen LogP contribution in [-0.2, 0) is 11.5 Å². The van der Waals surface area contributed by atoms with Gasteiger partial charge in [-0.1, -0.05) is 19.6 Å². The van der Waals surface area contributed by atoms with Crippen molar-refractivity contribution in [3.05, 3.63) is 32.1 Å². The van der Waals surface area contributed by atoms with E-state index in [9.17, 15) is 0 Å². The maximum atomic E-state index is 5.95. The third-order valence-electron chi connectivity index (χ3n) is 3.82. The van der Waals surface area contributed by atoms with Crippen LogP contribution in [0.25, 0.3) is 22.4 Å². The summed E-state index contributed by atoms with van der Waals surface area (Å²) in [5.74, 6) is 0. The molecule has 0 saturated heterocycles. The smallest absolute Gasteiger partial charge is 0.175 e. The first-order valence-corrected chi connectivity index (χ1v) is 14.0. The van der Waals surface area contributed by atoms with Gasteiger partial charge in [-0.2, -0.15) is 0 Å². The topological polar surface area (TPSA) is 55.7 Å². The Morgan fingerprint density at radius 3 is 2.72 bits per heavy atom. The highest BCUT2D eigenvalue weighted by Gasteiger charge is 2.19. The van der Waals surface area contributed by atoms with Crippen molar-refractivity contribution >= 4 is 66.9 Å². The molecule has 0 radical (unpaired) electrons. The van der Waals surface area contributed by atoms with Crippen LogP contribution < -0.4 is 0 Å². The number of aromatic amines is 1. The van der Waals surface area contributed by atoms with Gasteiger partial charge in [0.1, 0.15) is 22.5 Å². The molecule has 1 N–H and O–H groups in total. The Morgan fingerprint density at radius 1 is 1.24 bits per heavy atom. The average molecular weight is 551 g/mol. The SMILES string of the molecule is C[Si](C)(C)CCOCn1c(-c2nccc3[nH]c(Br)nc23)cc(Br)c1Br. The Morgan fingerprint density at radius 2 is 2.00 bits per heavy atom. The normalized spacial score (nSPS) is 12.2. The molecule has 0 aliphatic heterocycles. The lowest BCUT2D eigenvalue weighted by atomic mass is 10.2. The van der Waals surface area contributed by atoms with Crippen LogP contribution in [0.3, 0.4) is 0 Å². The van der Waals surface area contributed by atoms with Crippen molar-refractivity contribution in [2.45, 2.75) is 32.4 Å². The van der Waals surface area contributed by atoms with Gasteiger partial charge >= 0.3 is 0 Å².